The van der Waals surface area contributed by atoms with Crippen molar-refractivity contribution in [2.24, 2.45) is 5.92 Å². The van der Waals surface area contributed by atoms with Crippen LogP contribution in [0.4, 0.5) is 10.5 Å². The van der Waals surface area contributed by atoms with Crippen LogP contribution in [0.1, 0.15) is 25.8 Å². The first kappa shape index (κ1) is 16.0. The maximum absolute atomic E-state index is 12.0. The lowest BCUT2D eigenvalue weighted by Gasteiger charge is -2.21. The number of carboxylic acids is 1. The van der Waals surface area contributed by atoms with Crippen molar-refractivity contribution < 1.29 is 14.7 Å². The molecule has 0 aliphatic carbocycles. The molecule has 1 aromatic carbocycles. The molecule has 110 valence electrons. The number of anilines is 1. The molecular weight excluding hydrogens is 256 g/mol. The molecule has 0 aliphatic rings. The summed E-state index contributed by atoms with van der Waals surface area (Å²) in [5.41, 5.74) is 1.51. The van der Waals surface area contributed by atoms with Gasteiger partial charge in [-0.25, -0.2) is 4.79 Å². The van der Waals surface area contributed by atoms with Crippen LogP contribution in [-0.4, -0.2) is 35.6 Å². The Morgan fingerprint density at radius 1 is 1.30 bits per heavy atom. The summed E-state index contributed by atoms with van der Waals surface area (Å²) in [7, 11) is 1.75. The van der Waals surface area contributed by atoms with Crippen molar-refractivity contribution in [3.05, 3.63) is 29.8 Å². The van der Waals surface area contributed by atoms with E-state index in [1.54, 1.807) is 18.0 Å². The van der Waals surface area contributed by atoms with Gasteiger partial charge < -0.3 is 15.3 Å². The highest BCUT2D eigenvalue weighted by Gasteiger charge is 2.12. The molecule has 0 spiro atoms. The molecule has 0 saturated carbocycles. The van der Waals surface area contributed by atoms with E-state index in [0.717, 1.165) is 5.56 Å². The number of carbonyl (C=O) groups is 2. The van der Waals surface area contributed by atoms with Crippen molar-refractivity contribution in [2.75, 3.05) is 18.9 Å². The molecule has 0 atom stereocenters. The first-order valence-electron chi connectivity index (χ1n) is 6.72. The molecule has 0 aromatic heterocycles. The lowest BCUT2D eigenvalue weighted by Crippen LogP contribution is -2.34. The Hall–Kier alpha value is -2.04. The van der Waals surface area contributed by atoms with Gasteiger partial charge in [-0.15, -0.1) is 0 Å². The number of benzene rings is 1. The zero-order chi connectivity index (χ0) is 15.1. The van der Waals surface area contributed by atoms with E-state index in [0.29, 0.717) is 24.6 Å². The van der Waals surface area contributed by atoms with Crippen molar-refractivity contribution in [3.8, 4) is 0 Å². The fourth-order valence-electron chi connectivity index (χ4n) is 1.94. The topological polar surface area (TPSA) is 69.6 Å². The molecule has 2 amide bonds. The smallest absolute Gasteiger partial charge is 0.321 e. The van der Waals surface area contributed by atoms with Gasteiger partial charge in [-0.1, -0.05) is 32.0 Å². The number of urea groups is 1. The lowest BCUT2D eigenvalue weighted by molar-refractivity contribution is -0.136. The zero-order valence-electron chi connectivity index (χ0n) is 12.2. The number of nitrogens with one attached hydrogen (secondary N) is 1. The number of aryl methyl sites for hydroxylation is 1. The number of aliphatic carboxylic acids is 1. The standard InChI is InChI=1S/C15H22N2O3/c1-11(2)10-17(3)15(20)16-13-7-5-4-6-12(13)8-9-14(18)19/h4-7,11H,8-10H2,1-3H3,(H,16,20)(H,18,19). The van der Waals surface area contributed by atoms with Crippen LogP contribution in [0.25, 0.3) is 0 Å². The molecular formula is C15H22N2O3. The summed E-state index contributed by atoms with van der Waals surface area (Å²) in [4.78, 5) is 24.3. The lowest BCUT2D eigenvalue weighted by atomic mass is 10.1. The highest BCUT2D eigenvalue weighted by Crippen LogP contribution is 2.17. The molecule has 0 saturated heterocycles. The number of hydrogen-bond acceptors (Lipinski definition) is 2. The SMILES string of the molecule is CC(C)CN(C)C(=O)Nc1ccccc1CCC(=O)O. The predicted molar refractivity (Wildman–Crippen MR) is 78.9 cm³/mol. The van der Waals surface area contributed by atoms with Gasteiger partial charge in [0.05, 0.1) is 0 Å². The van der Waals surface area contributed by atoms with E-state index in [1.807, 2.05) is 32.0 Å². The minimum absolute atomic E-state index is 0.0503. The van der Waals surface area contributed by atoms with Gasteiger partial charge in [0.1, 0.15) is 0 Å². The molecule has 0 heterocycles. The zero-order valence-corrected chi connectivity index (χ0v) is 12.2. The van der Waals surface area contributed by atoms with E-state index in [4.69, 9.17) is 5.11 Å². The van der Waals surface area contributed by atoms with Gasteiger partial charge in [-0.05, 0) is 24.0 Å². The van der Waals surface area contributed by atoms with Gasteiger partial charge in [0.25, 0.3) is 0 Å². The summed E-state index contributed by atoms with van der Waals surface area (Å²) in [5.74, 6) is -0.448. The van der Waals surface area contributed by atoms with Crippen LogP contribution in [0.5, 0.6) is 0 Å². The summed E-state index contributed by atoms with van der Waals surface area (Å²) >= 11 is 0. The van der Waals surface area contributed by atoms with Crippen molar-refractivity contribution in [2.45, 2.75) is 26.7 Å². The van der Waals surface area contributed by atoms with E-state index >= 15 is 0 Å². The molecule has 20 heavy (non-hydrogen) atoms. The van der Waals surface area contributed by atoms with Gasteiger partial charge in [-0.3, -0.25) is 4.79 Å². The van der Waals surface area contributed by atoms with Gasteiger partial charge in [0.15, 0.2) is 0 Å². The van der Waals surface area contributed by atoms with Crippen molar-refractivity contribution in [3.63, 3.8) is 0 Å². The number of hydrogen-bond donors (Lipinski definition) is 2. The van der Waals surface area contributed by atoms with Crippen LogP contribution in [0, 0.1) is 5.92 Å². The number of amides is 2. The number of nitrogens with zero attached hydrogens (tertiary/aromatic N) is 1. The summed E-state index contributed by atoms with van der Waals surface area (Å²) in [6.07, 6.45) is 0.453. The molecule has 0 unspecified atom stereocenters. The molecule has 5 heteroatoms. The van der Waals surface area contributed by atoms with Crippen molar-refractivity contribution in [1.29, 1.82) is 0 Å². The summed E-state index contributed by atoms with van der Waals surface area (Å²) < 4.78 is 0. The second-order valence-corrected chi connectivity index (χ2v) is 5.26. The molecule has 5 nitrogen and oxygen atoms in total. The van der Waals surface area contributed by atoms with Crippen LogP contribution < -0.4 is 5.32 Å². The van der Waals surface area contributed by atoms with E-state index in [1.165, 1.54) is 0 Å². The number of carboxylic acid groups (broad SMARTS) is 1. The van der Waals surface area contributed by atoms with Crippen LogP contribution in [-0.2, 0) is 11.2 Å². The molecule has 1 aromatic rings. The number of para-hydroxylation sites is 1. The molecule has 0 aliphatic heterocycles. The third-order valence-electron chi connectivity index (χ3n) is 2.85. The van der Waals surface area contributed by atoms with E-state index in [-0.39, 0.29) is 12.5 Å². The Bertz CT molecular complexity index is 472. The van der Waals surface area contributed by atoms with Gasteiger partial charge in [0.2, 0.25) is 0 Å². The van der Waals surface area contributed by atoms with Gasteiger partial charge >= 0.3 is 12.0 Å². The average Bonchev–Trinajstić information content (AvgIpc) is 2.36. The average molecular weight is 278 g/mol. The second-order valence-electron chi connectivity index (χ2n) is 5.26. The van der Waals surface area contributed by atoms with E-state index in [9.17, 15) is 9.59 Å². The van der Waals surface area contributed by atoms with Crippen molar-refractivity contribution >= 4 is 17.7 Å². The monoisotopic (exact) mass is 278 g/mol. The van der Waals surface area contributed by atoms with Gasteiger partial charge in [0, 0.05) is 25.7 Å². The van der Waals surface area contributed by atoms with Crippen LogP contribution >= 0.6 is 0 Å². The Labute approximate surface area is 119 Å². The normalized spacial score (nSPS) is 10.4. The van der Waals surface area contributed by atoms with Crippen molar-refractivity contribution in [1.82, 2.24) is 4.90 Å². The molecule has 0 fully saturated rings. The fourth-order valence-corrected chi connectivity index (χ4v) is 1.94. The number of carbonyl (C=O) groups excluding carboxylic acids is 1. The fraction of sp³-hybridized carbons (Fsp3) is 0.467. The third kappa shape index (κ3) is 5.30. The largest absolute Gasteiger partial charge is 0.481 e. The van der Waals surface area contributed by atoms with Gasteiger partial charge in [-0.2, -0.15) is 0 Å². The van der Waals surface area contributed by atoms with Crippen LogP contribution in [0.2, 0.25) is 0 Å². The maximum atomic E-state index is 12.0. The minimum atomic E-state index is -0.844. The first-order valence-corrected chi connectivity index (χ1v) is 6.72. The number of rotatable bonds is 6. The summed E-state index contributed by atoms with van der Waals surface area (Å²) in [6.45, 7) is 4.76. The summed E-state index contributed by atoms with van der Waals surface area (Å²) in [5, 5.41) is 11.6. The summed E-state index contributed by atoms with van der Waals surface area (Å²) in [6, 6.07) is 7.10. The predicted octanol–water partition coefficient (Wildman–Crippen LogP) is 2.82. The Morgan fingerprint density at radius 2 is 1.95 bits per heavy atom. The maximum Gasteiger partial charge on any atom is 0.321 e. The van der Waals surface area contributed by atoms with Crippen LogP contribution in [0.3, 0.4) is 0 Å². The third-order valence-corrected chi connectivity index (χ3v) is 2.85. The van der Waals surface area contributed by atoms with E-state index in [2.05, 4.69) is 5.32 Å². The molecule has 0 radical (unpaired) electrons. The Morgan fingerprint density at radius 3 is 2.55 bits per heavy atom. The minimum Gasteiger partial charge on any atom is -0.481 e. The molecule has 0 bridgehead atoms. The van der Waals surface area contributed by atoms with E-state index < -0.39 is 5.97 Å². The first-order chi connectivity index (χ1) is 9.40. The molecule has 2 N–H and O–H groups in total. The quantitative estimate of drug-likeness (QED) is 0.840. The Balaban J connectivity index is 2.71. The second kappa shape index (κ2) is 7.53. The highest BCUT2D eigenvalue weighted by atomic mass is 16.4. The highest BCUT2D eigenvalue weighted by molar-refractivity contribution is 5.90. The molecule has 1 rings (SSSR count). The Kier molecular flexibility index (Phi) is 6.03. The van der Waals surface area contributed by atoms with Crippen LogP contribution in [0.15, 0.2) is 24.3 Å².